The molecule has 2 aromatic rings. The number of benzene rings is 1. The van der Waals surface area contributed by atoms with Crippen molar-refractivity contribution in [3.63, 3.8) is 0 Å². The Morgan fingerprint density at radius 2 is 1.75 bits per heavy atom. The normalized spacial score (nSPS) is 19.0. The molecule has 14 heteroatoms. The number of alkyl halides is 3. The number of anilines is 1. The van der Waals surface area contributed by atoms with Crippen LogP contribution in [-0.2, 0) is 20.7 Å². The lowest BCUT2D eigenvalue weighted by atomic mass is 9.88. The van der Waals surface area contributed by atoms with Crippen LogP contribution in [0.4, 0.5) is 23.2 Å². The number of halogens is 4. The van der Waals surface area contributed by atoms with E-state index in [1.165, 1.54) is 12.1 Å². The molecule has 1 aromatic carbocycles. The number of aromatic nitrogens is 2. The van der Waals surface area contributed by atoms with Crippen LogP contribution in [0.2, 0.25) is 0 Å². The van der Waals surface area contributed by atoms with E-state index in [0.29, 0.717) is 25.5 Å². The van der Waals surface area contributed by atoms with E-state index >= 15 is 4.39 Å². The van der Waals surface area contributed by atoms with Gasteiger partial charge >= 0.3 is 6.18 Å². The quantitative estimate of drug-likeness (QED) is 0.295. The van der Waals surface area contributed by atoms with Crippen molar-refractivity contribution in [2.45, 2.75) is 57.3 Å². The zero-order chi connectivity index (χ0) is 31.4. The third-order valence-corrected chi connectivity index (χ3v) is 8.38. The fourth-order valence-electron chi connectivity index (χ4n) is 5.95. The van der Waals surface area contributed by atoms with Gasteiger partial charge in [-0.15, -0.1) is 0 Å². The topological polar surface area (TPSA) is 118 Å². The molecule has 240 valence electrons. The van der Waals surface area contributed by atoms with E-state index in [2.05, 4.69) is 20.6 Å². The Kier molecular flexibility index (Phi) is 9.88. The smallest absolute Gasteiger partial charge is 0.379 e. The van der Waals surface area contributed by atoms with Crippen LogP contribution in [0.5, 0.6) is 0 Å². The molecule has 1 saturated heterocycles. The van der Waals surface area contributed by atoms with Crippen LogP contribution in [0.25, 0.3) is 0 Å². The zero-order valence-corrected chi connectivity index (χ0v) is 24.5. The molecule has 5 rings (SSSR count). The number of nitrogens with one attached hydrogen (secondary N) is 3. The largest absolute Gasteiger partial charge is 0.405 e. The summed E-state index contributed by atoms with van der Waals surface area (Å²) in [5.74, 6) is -2.27. The molecule has 1 aromatic heterocycles. The lowest BCUT2D eigenvalue weighted by molar-refractivity contribution is -0.138. The van der Waals surface area contributed by atoms with E-state index in [9.17, 15) is 27.6 Å². The third kappa shape index (κ3) is 8.56. The maximum absolute atomic E-state index is 15.0. The second-order valence-electron chi connectivity index (χ2n) is 12.0. The molecule has 0 bridgehead atoms. The van der Waals surface area contributed by atoms with Gasteiger partial charge in [-0.3, -0.25) is 24.0 Å². The predicted molar refractivity (Wildman–Crippen MR) is 152 cm³/mol. The van der Waals surface area contributed by atoms with Gasteiger partial charge in [0.25, 0.3) is 5.91 Å². The number of nitrogens with zero attached hydrogens (tertiary/aromatic N) is 3. The van der Waals surface area contributed by atoms with Crippen LogP contribution in [0, 0.1) is 23.6 Å². The molecule has 1 aliphatic heterocycles. The minimum atomic E-state index is -4.55. The summed E-state index contributed by atoms with van der Waals surface area (Å²) >= 11 is 0. The van der Waals surface area contributed by atoms with Gasteiger partial charge in [-0.2, -0.15) is 18.3 Å². The van der Waals surface area contributed by atoms with E-state index in [4.69, 9.17) is 4.74 Å². The zero-order valence-electron chi connectivity index (χ0n) is 24.5. The van der Waals surface area contributed by atoms with Gasteiger partial charge in [0, 0.05) is 25.8 Å². The highest BCUT2D eigenvalue weighted by Crippen LogP contribution is 2.51. The minimum absolute atomic E-state index is 0.0965. The van der Waals surface area contributed by atoms with E-state index in [1.807, 2.05) is 6.92 Å². The number of carbonyl (C=O) groups excluding carboxylic acids is 3. The average molecular weight is 623 g/mol. The summed E-state index contributed by atoms with van der Waals surface area (Å²) in [5, 5.41) is 11.7. The van der Waals surface area contributed by atoms with Crippen molar-refractivity contribution in [3.05, 3.63) is 47.5 Å². The highest BCUT2D eigenvalue weighted by atomic mass is 19.4. The Hall–Kier alpha value is -3.52. The van der Waals surface area contributed by atoms with E-state index in [-0.39, 0.29) is 35.0 Å². The fourth-order valence-corrected chi connectivity index (χ4v) is 5.95. The minimum Gasteiger partial charge on any atom is -0.379 e. The van der Waals surface area contributed by atoms with Gasteiger partial charge in [0.15, 0.2) is 0 Å². The lowest BCUT2D eigenvalue weighted by Gasteiger charge is -2.30. The van der Waals surface area contributed by atoms with Crippen LogP contribution in [0.3, 0.4) is 0 Å². The SMILES string of the molecule is CC(CN1CCOCC1)n1nccc1C(=O)NC(C(=O)Nc1ccc(CC(=O)NCC(F)(F)F)cc1F)C(C1CC1)C1CC1. The Labute approximate surface area is 252 Å². The first kappa shape index (κ1) is 31.9. The maximum Gasteiger partial charge on any atom is 0.405 e. The molecule has 2 heterocycles. The van der Waals surface area contributed by atoms with Gasteiger partial charge in [0.2, 0.25) is 11.8 Å². The van der Waals surface area contributed by atoms with Crippen LogP contribution in [0.1, 0.15) is 54.7 Å². The van der Waals surface area contributed by atoms with Gasteiger partial charge < -0.3 is 20.7 Å². The Morgan fingerprint density at radius 3 is 2.36 bits per heavy atom. The fraction of sp³-hybridized carbons (Fsp3) is 0.600. The number of hydrogen-bond donors (Lipinski definition) is 3. The summed E-state index contributed by atoms with van der Waals surface area (Å²) in [6, 6.07) is 4.24. The number of morpholine rings is 1. The molecule has 10 nitrogen and oxygen atoms in total. The number of amides is 3. The summed E-state index contributed by atoms with van der Waals surface area (Å²) in [6.45, 7) is 4.08. The Balaban J connectivity index is 1.27. The summed E-state index contributed by atoms with van der Waals surface area (Å²) in [5.41, 5.74) is 0.328. The molecule has 2 atom stereocenters. The first-order valence-electron chi connectivity index (χ1n) is 15.1. The molecule has 3 fully saturated rings. The van der Waals surface area contributed by atoms with Crippen molar-refractivity contribution in [2.75, 3.05) is 44.7 Å². The second-order valence-corrected chi connectivity index (χ2v) is 12.0. The lowest BCUT2D eigenvalue weighted by Crippen LogP contribution is -2.50. The number of rotatable bonds is 13. The molecular weight excluding hydrogens is 584 g/mol. The molecule has 3 amide bonds. The van der Waals surface area contributed by atoms with Crippen LogP contribution in [0.15, 0.2) is 30.5 Å². The highest BCUT2D eigenvalue weighted by molar-refractivity contribution is 6.01. The van der Waals surface area contributed by atoms with Gasteiger partial charge in [-0.25, -0.2) is 4.39 Å². The number of carbonyl (C=O) groups is 3. The van der Waals surface area contributed by atoms with Gasteiger partial charge in [0.1, 0.15) is 24.1 Å². The Bertz CT molecular complexity index is 1330. The van der Waals surface area contributed by atoms with Crippen LogP contribution >= 0.6 is 0 Å². The monoisotopic (exact) mass is 622 g/mol. The molecule has 0 radical (unpaired) electrons. The van der Waals surface area contributed by atoms with Crippen LogP contribution < -0.4 is 16.0 Å². The van der Waals surface area contributed by atoms with Gasteiger partial charge in [0.05, 0.1) is 31.4 Å². The van der Waals surface area contributed by atoms with Crippen molar-refractivity contribution in [1.82, 2.24) is 25.3 Å². The Morgan fingerprint density at radius 1 is 1.07 bits per heavy atom. The average Bonchev–Trinajstić information content (AvgIpc) is 3.92. The van der Waals surface area contributed by atoms with E-state index in [0.717, 1.165) is 44.8 Å². The molecule has 3 N–H and O–H groups in total. The predicted octanol–water partition coefficient (Wildman–Crippen LogP) is 3.31. The molecule has 3 aliphatic rings. The molecule has 2 saturated carbocycles. The van der Waals surface area contributed by atoms with Gasteiger partial charge in [-0.05, 0) is 74.1 Å². The highest BCUT2D eigenvalue weighted by Gasteiger charge is 2.48. The standard InChI is InChI=1S/C30H38F4N6O4/c1-18(16-39-10-12-44-13-11-39)40-24(8-9-36-40)28(42)38-27(26(20-3-4-20)21-5-6-21)29(43)37-23-7-2-19(14-22(23)31)15-25(41)35-17-30(32,33)34/h2,7-9,14,18,20-21,26-27H,3-6,10-13,15-17H2,1H3,(H,35,41)(H,37,43)(H,38,42). The van der Waals surface area contributed by atoms with Crippen molar-refractivity contribution in [3.8, 4) is 0 Å². The first-order valence-corrected chi connectivity index (χ1v) is 15.1. The molecule has 2 aliphatic carbocycles. The maximum atomic E-state index is 15.0. The van der Waals surface area contributed by atoms with Gasteiger partial charge in [-0.1, -0.05) is 6.07 Å². The number of ether oxygens (including phenoxy) is 1. The first-order chi connectivity index (χ1) is 21.0. The van der Waals surface area contributed by atoms with Crippen molar-refractivity contribution in [2.24, 2.45) is 17.8 Å². The van der Waals surface area contributed by atoms with Crippen molar-refractivity contribution < 1.29 is 36.7 Å². The van der Waals surface area contributed by atoms with E-state index < -0.39 is 48.7 Å². The summed E-state index contributed by atoms with van der Waals surface area (Å²) in [7, 11) is 0. The van der Waals surface area contributed by atoms with Crippen molar-refractivity contribution >= 4 is 23.4 Å². The van der Waals surface area contributed by atoms with Crippen molar-refractivity contribution in [1.29, 1.82) is 0 Å². The molecule has 44 heavy (non-hydrogen) atoms. The summed E-state index contributed by atoms with van der Waals surface area (Å²) < 4.78 is 59.2. The summed E-state index contributed by atoms with van der Waals surface area (Å²) in [4.78, 5) is 41.4. The number of hydrogen-bond acceptors (Lipinski definition) is 6. The molecular formula is C30H38F4N6O4. The molecule has 2 unspecified atom stereocenters. The van der Waals surface area contributed by atoms with E-state index in [1.54, 1.807) is 22.3 Å². The van der Waals surface area contributed by atoms with Crippen LogP contribution in [-0.4, -0.2) is 84.0 Å². The second kappa shape index (κ2) is 13.6. The summed E-state index contributed by atoms with van der Waals surface area (Å²) in [6.07, 6.45) is 0.357. The molecule has 0 spiro atoms. The third-order valence-electron chi connectivity index (χ3n) is 8.38.